The zero-order chi connectivity index (χ0) is 19.0. The molecular formula is C19H19N7O. The van der Waals surface area contributed by atoms with Crippen molar-refractivity contribution < 1.29 is 4.79 Å². The third-order valence-corrected chi connectivity index (χ3v) is 4.06. The number of hydrogen-bond donors (Lipinski definition) is 1. The van der Waals surface area contributed by atoms with Gasteiger partial charge in [0.1, 0.15) is 11.5 Å². The highest BCUT2D eigenvalue weighted by molar-refractivity contribution is 6.00. The van der Waals surface area contributed by atoms with Gasteiger partial charge in [-0.2, -0.15) is 0 Å². The summed E-state index contributed by atoms with van der Waals surface area (Å²) in [5.41, 5.74) is 1.75. The lowest BCUT2D eigenvalue weighted by atomic mass is 10.3. The fourth-order valence-electron chi connectivity index (χ4n) is 2.91. The predicted molar refractivity (Wildman–Crippen MR) is 101 cm³/mol. The first-order valence-corrected chi connectivity index (χ1v) is 8.66. The summed E-state index contributed by atoms with van der Waals surface area (Å²) in [5, 5.41) is 2.90. The number of fused-ring (bicyclic) bond motifs is 1. The van der Waals surface area contributed by atoms with Gasteiger partial charge in [0.25, 0.3) is 5.91 Å². The summed E-state index contributed by atoms with van der Waals surface area (Å²) in [5.74, 6) is 1.66. The summed E-state index contributed by atoms with van der Waals surface area (Å²) in [6.07, 6.45) is 7.06. The largest absolute Gasteiger partial charge is 0.348 e. The van der Waals surface area contributed by atoms with E-state index in [4.69, 9.17) is 0 Å². The van der Waals surface area contributed by atoms with Crippen LogP contribution >= 0.6 is 0 Å². The molecule has 0 aliphatic rings. The van der Waals surface area contributed by atoms with Crippen LogP contribution in [0.3, 0.4) is 0 Å². The molecule has 0 spiro atoms. The number of nitrogens with one attached hydrogen (secondary N) is 1. The fourth-order valence-corrected chi connectivity index (χ4v) is 2.91. The van der Waals surface area contributed by atoms with Crippen molar-refractivity contribution in [3.05, 3.63) is 60.6 Å². The zero-order valence-corrected chi connectivity index (χ0v) is 15.3. The van der Waals surface area contributed by atoms with Crippen LogP contribution in [-0.2, 0) is 0 Å². The molecule has 0 radical (unpaired) electrons. The Bertz CT molecular complexity index is 1110. The van der Waals surface area contributed by atoms with E-state index < -0.39 is 0 Å². The van der Waals surface area contributed by atoms with Crippen LogP contribution in [0.5, 0.6) is 0 Å². The zero-order valence-electron chi connectivity index (χ0n) is 15.3. The summed E-state index contributed by atoms with van der Waals surface area (Å²) in [4.78, 5) is 30.3. The van der Waals surface area contributed by atoms with E-state index >= 15 is 0 Å². The van der Waals surface area contributed by atoms with Gasteiger partial charge in [0.05, 0.1) is 5.52 Å². The van der Waals surface area contributed by atoms with Gasteiger partial charge in [0, 0.05) is 30.8 Å². The molecule has 0 unspecified atom stereocenters. The van der Waals surface area contributed by atoms with Crippen LogP contribution in [0.25, 0.3) is 23.0 Å². The maximum Gasteiger partial charge on any atom is 0.272 e. The molecule has 27 heavy (non-hydrogen) atoms. The maximum atomic E-state index is 12.6. The topological polar surface area (TPSA) is 90.0 Å². The summed E-state index contributed by atoms with van der Waals surface area (Å²) >= 11 is 0. The van der Waals surface area contributed by atoms with E-state index in [0.29, 0.717) is 23.2 Å². The van der Waals surface area contributed by atoms with E-state index in [1.807, 2.05) is 55.8 Å². The number of carbonyl (C=O) groups is 1. The first-order valence-electron chi connectivity index (χ1n) is 8.66. The first kappa shape index (κ1) is 16.9. The van der Waals surface area contributed by atoms with Crippen molar-refractivity contribution in [1.82, 2.24) is 34.2 Å². The Hall–Kier alpha value is -3.55. The van der Waals surface area contributed by atoms with Crippen molar-refractivity contribution in [2.24, 2.45) is 0 Å². The molecule has 4 rings (SSSR count). The van der Waals surface area contributed by atoms with Gasteiger partial charge < -0.3 is 5.32 Å². The van der Waals surface area contributed by atoms with Crippen LogP contribution in [0.15, 0.2) is 49.1 Å². The highest BCUT2D eigenvalue weighted by atomic mass is 16.2. The Morgan fingerprint density at radius 1 is 1.11 bits per heavy atom. The molecule has 1 amide bonds. The molecule has 0 saturated carbocycles. The van der Waals surface area contributed by atoms with Gasteiger partial charge in [-0.15, -0.1) is 0 Å². The minimum absolute atomic E-state index is 0.0260. The van der Waals surface area contributed by atoms with Crippen LogP contribution in [0.2, 0.25) is 0 Å². The van der Waals surface area contributed by atoms with Crippen LogP contribution in [0.1, 0.15) is 30.2 Å². The van der Waals surface area contributed by atoms with Gasteiger partial charge >= 0.3 is 0 Å². The first-order chi connectivity index (χ1) is 13.0. The highest BCUT2D eigenvalue weighted by Crippen LogP contribution is 2.23. The Balaban J connectivity index is 1.85. The minimum Gasteiger partial charge on any atom is -0.348 e. The average molecular weight is 361 g/mol. The van der Waals surface area contributed by atoms with E-state index in [9.17, 15) is 4.79 Å². The van der Waals surface area contributed by atoms with Gasteiger partial charge in [-0.25, -0.2) is 19.9 Å². The van der Waals surface area contributed by atoms with Gasteiger partial charge in [0.2, 0.25) is 5.95 Å². The molecule has 4 heterocycles. The Morgan fingerprint density at radius 3 is 2.63 bits per heavy atom. The smallest absolute Gasteiger partial charge is 0.272 e. The summed E-state index contributed by atoms with van der Waals surface area (Å²) in [6.45, 7) is 5.71. The number of carbonyl (C=O) groups excluding carboxylic acids is 1. The molecule has 4 aromatic rings. The third kappa shape index (κ3) is 3.05. The number of amides is 1. The summed E-state index contributed by atoms with van der Waals surface area (Å²) in [6, 6.07) is 7.44. The Morgan fingerprint density at radius 2 is 1.89 bits per heavy atom. The predicted octanol–water partition coefficient (Wildman–Crippen LogP) is 2.42. The second-order valence-corrected chi connectivity index (χ2v) is 6.46. The molecule has 1 N–H and O–H groups in total. The van der Waals surface area contributed by atoms with E-state index in [0.717, 1.165) is 11.3 Å². The van der Waals surface area contributed by atoms with Crippen LogP contribution in [-0.4, -0.2) is 40.9 Å². The van der Waals surface area contributed by atoms with Gasteiger partial charge in [0.15, 0.2) is 11.5 Å². The molecule has 0 aliphatic heterocycles. The lowest BCUT2D eigenvalue weighted by molar-refractivity contribution is 0.0940. The highest BCUT2D eigenvalue weighted by Gasteiger charge is 2.21. The fraction of sp³-hybridized carbons (Fsp3) is 0.211. The number of nitrogens with zero attached hydrogens (tertiary/aromatic N) is 6. The van der Waals surface area contributed by atoms with E-state index in [-0.39, 0.29) is 11.9 Å². The van der Waals surface area contributed by atoms with Crippen LogP contribution < -0.4 is 5.32 Å². The molecular weight excluding hydrogens is 342 g/mol. The number of aromatic nitrogens is 6. The maximum absolute atomic E-state index is 12.6. The standard InChI is InChI=1S/C19H19N7O/c1-12(2)22-18(27)16-15-7-4-5-10-25(15)17(24-16)14-11-26(13(3)23-14)19-20-8-6-9-21-19/h4-12H,1-3H3,(H,22,27). The van der Waals surface area contributed by atoms with Crippen molar-refractivity contribution in [2.75, 3.05) is 0 Å². The minimum atomic E-state index is -0.206. The summed E-state index contributed by atoms with van der Waals surface area (Å²) < 4.78 is 3.67. The molecule has 4 aromatic heterocycles. The third-order valence-electron chi connectivity index (χ3n) is 4.06. The number of hydrogen-bond acceptors (Lipinski definition) is 5. The van der Waals surface area contributed by atoms with Crippen LogP contribution in [0, 0.1) is 6.92 Å². The molecule has 0 fully saturated rings. The van der Waals surface area contributed by atoms with Crippen molar-refractivity contribution in [2.45, 2.75) is 26.8 Å². The Kier molecular flexibility index (Phi) is 4.15. The Labute approximate surface area is 155 Å². The molecule has 0 atom stereocenters. The number of imidazole rings is 2. The lowest BCUT2D eigenvalue weighted by Gasteiger charge is -2.06. The van der Waals surface area contributed by atoms with Crippen molar-refractivity contribution in [1.29, 1.82) is 0 Å². The number of pyridine rings is 1. The molecule has 0 bridgehead atoms. The molecule has 8 heteroatoms. The van der Waals surface area contributed by atoms with Gasteiger partial charge in [-0.3, -0.25) is 13.8 Å². The second-order valence-electron chi connectivity index (χ2n) is 6.46. The van der Waals surface area contributed by atoms with Gasteiger partial charge in [-0.05, 0) is 39.0 Å². The van der Waals surface area contributed by atoms with Crippen molar-refractivity contribution >= 4 is 11.4 Å². The number of aryl methyl sites for hydroxylation is 1. The monoisotopic (exact) mass is 361 g/mol. The van der Waals surface area contributed by atoms with Crippen molar-refractivity contribution in [3.8, 4) is 17.5 Å². The van der Waals surface area contributed by atoms with E-state index in [2.05, 4.69) is 25.3 Å². The molecule has 8 nitrogen and oxygen atoms in total. The number of rotatable bonds is 4. The van der Waals surface area contributed by atoms with Crippen molar-refractivity contribution in [3.63, 3.8) is 0 Å². The van der Waals surface area contributed by atoms with E-state index in [1.54, 1.807) is 23.0 Å². The molecule has 0 aliphatic carbocycles. The van der Waals surface area contributed by atoms with Crippen LogP contribution in [0.4, 0.5) is 0 Å². The average Bonchev–Trinajstić information content (AvgIpc) is 3.23. The molecule has 0 saturated heterocycles. The second kappa shape index (κ2) is 6.64. The lowest BCUT2D eigenvalue weighted by Crippen LogP contribution is -2.30. The quantitative estimate of drug-likeness (QED) is 0.603. The SMILES string of the molecule is Cc1nc(-c2nc(C(=O)NC(C)C)c3ccccn23)cn1-c1ncccn1. The molecule has 0 aromatic carbocycles. The van der Waals surface area contributed by atoms with Gasteiger partial charge in [-0.1, -0.05) is 6.07 Å². The van der Waals surface area contributed by atoms with E-state index in [1.165, 1.54) is 0 Å². The normalized spacial score (nSPS) is 11.3. The molecule has 136 valence electrons. The summed E-state index contributed by atoms with van der Waals surface area (Å²) in [7, 11) is 0.